The molecule has 1 heterocycles. The summed E-state index contributed by atoms with van der Waals surface area (Å²) >= 11 is 7.53. The van der Waals surface area contributed by atoms with Gasteiger partial charge in [0.15, 0.2) is 0 Å². The Labute approximate surface area is 116 Å². The van der Waals surface area contributed by atoms with Gasteiger partial charge in [-0.2, -0.15) is 13.2 Å². The SMILES string of the molecule is FC(F)(F)c1ccccc1-c1nc(Br)c(Br)s1. The second kappa shape index (κ2) is 4.70. The van der Waals surface area contributed by atoms with E-state index in [2.05, 4.69) is 36.8 Å². The minimum absolute atomic E-state index is 0.0939. The third-order valence-electron chi connectivity index (χ3n) is 2.01. The lowest BCUT2D eigenvalue weighted by atomic mass is 10.1. The first kappa shape index (κ1) is 13.0. The van der Waals surface area contributed by atoms with Crippen molar-refractivity contribution in [2.24, 2.45) is 0 Å². The first-order chi connectivity index (χ1) is 7.89. The Kier molecular flexibility index (Phi) is 3.61. The molecule has 1 aromatic heterocycles. The Morgan fingerprint density at radius 1 is 1.12 bits per heavy atom. The van der Waals surface area contributed by atoms with Crippen molar-refractivity contribution in [3.8, 4) is 10.6 Å². The van der Waals surface area contributed by atoms with Crippen LogP contribution in [-0.2, 0) is 6.18 Å². The van der Waals surface area contributed by atoms with Gasteiger partial charge < -0.3 is 0 Å². The zero-order valence-corrected chi connectivity index (χ0v) is 12.0. The highest BCUT2D eigenvalue weighted by atomic mass is 79.9. The molecule has 0 N–H and O–H groups in total. The molecule has 0 fully saturated rings. The van der Waals surface area contributed by atoms with Crippen molar-refractivity contribution in [3.63, 3.8) is 0 Å². The maximum Gasteiger partial charge on any atom is 0.417 e. The van der Waals surface area contributed by atoms with E-state index < -0.39 is 11.7 Å². The fourth-order valence-electron chi connectivity index (χ4n) is 1.31. The minimum atomic E-state index is -4.37. The molecule has 1 aromatic carbocycles. The lowest BCUT2D eigenvalue weighted by molar-refractivity contribution is -0.137. The number of hydrogen-bond acceptors (Lipinski definition) is 2. The highest BCUT2D eigenvalue weighted by molar-refractivity contribution is 9.13. The maximum atomic E-state index is 12.8. The predicted octanol–water partition coefficient (Wildman–Crippen LogP) is 5.35. The molecule has 0 saturated heterocycles. The number of rotatable bonds is 1. The number of aromatic nitrogens is 1. The van der Waals surface area contributed by atoms with Gasteiger partial charge in [0.05, 0.1) is 5.56 Å². The third kappa shape index (κ3) is 2.71. The van der Waals surface area contributed by atoms with E-state index in [-0.39, 0.29) is 5.56 Å². The van der Waals surface area contributed by atoms with Crippen LogP contribution in [0.1, 0.15) is 5.56 Å². The van der Waals surface area contributed by atoms with Gasteiger partial charge in [-0.25, -0.2) is 4.98 Å². The molecule has 0 bridgehead atoms. The van der Waals surface area contributed by atoms with Crippen LogP contribution in [0.4, 0.5) is 13.2 Å². The van der Waals surface area contributed by atoms with Gasteiger partial charge in [-0.15, -0.1) is 11.3 Å². The van der Waals surface area contributed by atoms with Crippen molar-refractivity contribution < 1.29 is 13.2 Å². The molecule has 0 radical (unpaired) electrons. The molecule has 0 unspecified atom stereocenters. The van der Waals surface area contributed by atoms with Gasteiger partial charge in [0.1, 0.15) is 13.4 Å². The number of nitrogens with zero attached hydrogens (tertiary/aromatic N) is 1. The highest BCUT2D eigenvalue weighted by Gasteiger charge is 2.34. The summed E-state index contributed by atoms with van der Waals surface area (Å²) in [6.07, 6.45) is -4.37. The summed E-state index contributed by atoms with van der Waals surface area (Å²) in [6.45, 7) is 0. The summed E-state index contributed by atoms with van der Waals surface area (Å²) < 4.78 is 39.6. The molecule has 0 atom stereocenters. The molecule has 0 aliphatic rings. The Bertz CT molecular complexity index is 531. The molecule has 90 valence electrons. The number of thiazole rings is 1. The number of halogens is 5. The number of alkyl halides is 3. The van der Waals surface area contributed by atoms with Crippen molar-refractivity contribution in [2.75, 3.05) is 0 Å². The number of benzene rings is 1. The first-order valence-corrected chi connectivity index (χ1v) is 6.78. The largest absolute Gasteiger partial charge is 0.417 e. The van der Waals surface area contributed by atoms with E-state index in [1.54, 1.807) is 6.07 Å². The van der Waals surface area contributed by atoms with E-state index in [0.29, 0.717) is 13.4 Å². The van der Waals surface area contributed by atoms with Crippen LogP contribution in [0.5, 0.6) is 0 Å². The average Bonchev–Trinajstić information content (AvgIpc) is 2.58. The maximum absolute atomic E-state index is 12.8. The molecule has 0 spiro atoms. The van der Waals surface area contributed by atoms with E-state index >= 15 is 0 Å². The van der Waals surface area contributed by atoms with E-state index in [9.17, 15) is 13.2 Å². The molecule has 2 rings (SSSR count). The fourth-order valence-corrected chi connectivity index (χ4v) is 3.13. The van der Waals surface area contributed by atoms with Gasteiger partial charge in [-0.3, -0.25) is 0 Å². The minimum Gasteiger partial charge on any atom is -0.228 e. The van der Waals surface area contributed by atoms with Gasteiger partial charge in [-0.05, 0) is 37.9 Å². The Morgan fingerprint density at radius 2 is 1.76 bits per heavy atom. The molecular formula is C10H4Br2F3NS. The van der Waals surface area contributed by atoms with Crippen LogP contribution in [-0.4, -0.2) is 4.98 Å². The second-order valence-corrected chi connectivity index (χ2v) is 6.19. The van der Waals surface area contributed by atoms with Crippen LogP contribution >= 0.6 is 43.2 Å². The monoisotopic (exact) mass is 385 g/mol. The summed E-state index contributed by atoms with van der Waals surface area (Å²) in [5.74, 6) is 0. The van der Waals surface area contributed by atoms with Crippen molar-refractivity contribution in [2.45, 2.75) is 6.18 Å². The van der Waals surface area contributed by atoms with Crippen LogP contribution in [0, 0.1) is 0 Å². The molecule has 17 heavy (non-hydrogen) atoms. The molecule has 0 aliphatic heterocycles. The third-order valence-corrected chi connectivity index (χ3v) is 5.12. The zero-order valence-electron chi connectivity index (χ0n) is 8.05. The van der Waals surface area contributed by atoms with Crippen molar-refractivity contribution in [1.82, 2.24) is 4.98 Å². The summed E-state index contributed by atoms with van der Waals surface area (Å²) in [5, 5.41) is 0.330. The van der Waals surface area contributed by atoms with Gasteiger partial charge in [0.2, 0.25) is 0 Å². The van der Waals surface area contributed by atoms with Crippen molar-refractivity contribution in [1.29, 1.82) is 0 Å². The summed E-state index contributed by atoms with van der Waals surface area (Å²) in [4.78, 5) is 4.04. The molecule has 2 aromatic rings. The first-order valence-electron chi connectivity index (χ1n) is 4.38. The zero-order chi connectivity index (χ0) is 12.6. The van der Waals surface area contributed by atoms with Gasteiger partial charge in [0.25, 0.3) is 0 Å². The molecule has 0 aliphatic carbocycles. The molecular weight excluding hydrogens is 383 g/mol. The van der Waals surface area contributed by atoms with Crippen molar-refractivity contribution in [3.05, 3.63) is 38.2 Å². The fraction of sp³-hybridized carbons (Fsp3) is 0.100. The Morgan fingerprint density at radius 3 is 2.29 bits per heavy atom. The highest BCUT2D eigenvalue weighted by Crippen LogP contribution is 2.41. The lowest BCUT2D eigenvalue weighted by Crippen LogP contribution is -2.06. The van der Waals surface area contributed by atoms with E-state index in [1.165, 1.54) is 12.1 Å². The smallest absolute Gasteiger partial charge is 0.228 e. The summed E-state index contributed by atoms with van der Waals surface area (Å²) in [5.41, 5.74) is -0.579. The Hall–Kier alpha value is -0.400. The molecule has 1 nitrogen and oxygen atoms in total. The number of hydrogen-bond donors (Lipinski definition) is 0. The average molecular weight is 387 g/mol. The van der Waals surface area contributed by atoms with Gasteiger partial charge in [-0.1, -0.05) is 18.2 Å². The van der Waals surface area contributed by atoms with Crippen LogP contribution in [0.25, 0.3) is 10.6 Å². The second-order valence-electron chi connectivity index (χ2n) is 3.13. The Balaban J connectivity index is 2.60. The summed E-state index contributed by atoms with van der Waals surface area (Å²) in [7, 11) is 0. The van der Waals surface area contributed by atoms with Gasteiger partial charge >= 0.3 is 6.18 Å². The molecule has 0 amide bonds. The van der Waals surface area contributed by atoms with Crippen LogP contribution in [0.2, 0.25) is 0 Å². The van der Waals surface area contributed by atoms with Crippen LogP contribution in [0.3, 0.4) is 0 Å². The molecule has 7 heteroatoms. The van der Waals surface area contributed by atoms with Gasteiger partial charge in [0, 0.05) is 5.56 Å². The summed E-state index contributed by atoms with van der Waals surface area (Å²) in [6, 6.07) is 5.40. The van der Waals surface area contributed by atoms with E-state index in [0.717, 1.165) is 17.4 Å². The standard InChI is InChI=1S/C10H4Br2F3NS/c11-7-8(12)17-9(16-7)5-3-1-2-4-6(5)10(13,14)15/h1-4H. The molecule has 0 saturated carbocycles. The van der Waals surface area contributed by atoms with E-state index in [4.69, 9.17) is 0 Å². The predicted molar refractivity (Wildman–Crippen MR) is 68.0 cm³/mol. The van der Waals surface area contributed by atoms with E-state index in [1.807, 2.05) is 0 Å². The quantitative estimate of drug-likeness (QED) is 0.643. The van der Waals surface area contributed by atoms with Crippen LogP contribution in [0.15, 0.2) is 32.7 Å². The normalized spacial score (nSPS) is 11.8. The van der Waals surface area contributed by atoms with Crippen molar-refractivity contribution >= 4 is 43.2 Å². The topological polar surface area (TPSA) is 12.9 Å². The lowest BCUT2D eigenvalue weighted by Gasteiger charge is -2.10. The van der Waals surface area contributed by atoms with Crippen LogP contribution < -0.4 is 0 Å².